The molecule has 3 N–H and O–H groups in total. The summed E-state index contributed by atoms with van der Waals surface area (Å²) in [5, 5.41) is 22.1. The molecule has 0 saturated carbocycles. The molecule has 1 aromatic carbocycles. The molecule has 6 nitrogen and oxygen atoms in total. The second kappa shape index (κ2) is 6.07. The molecule has 0 radical (unpaired) electrons. The molecule has 0 spiro atoms. The number of amides is 1. The Hall–Kier alpha value is -2.18. The van der Waals surface area contributed by atoms with Crippen molar-refractivity contribution in [2.24, 2.45) is 0 Å². The van der Waals surface area contributed by atoms with Crippen LogP contribution in [0, 0.1) is 0 Å². The highest BCUT2D eigenvalue weighted by molar-refractivity contribution is 6.34. The Labute approximate surface area is 125 Å². The predicted octanol–water partition coefficient (Wildman–Crippen LogP) is 1.45. The van der Waals surface area contributed by atoms with Crippen LogP contribution < -0.4 is 5.32 Å². The molecule has 2 unspecified atom stereocenters. The van der Waals surface area contributed by atoms with Crippen LogP contribution in [0.15, 0.2) is 30.3 Å². The Morgan fingerprint density at radius 3 is 2.62 bits per heavy atom. The van der Waals surface area contributed by atoms with Crippen molar-refractivity contribution >= 4 is 34.2 Å². The van der Waals surface area contributed by atoms with Gasteiger partial charge < -0.3 is 15.5 Å². The SMILES string of the molecule is CC(O)C(NC(=O)c1cc2ccccc2c(Cl)n1)C(=O)O. The van der Waals surface area contributed by atoms with Crippen LogP contribution in [-0.4, -0.2) is 39.2 Å². The molecule has 1 aromatic heterocycles. The lowest BCUT2D eigenvalue weighted by Crippen LogP contribution is -2.47. The molecule has 1 heterocycles. The third-order valence-corrected chi connectivity index (χ3v) is 3.25. The normalized spacial score (nSPS) is 13.7. The van der Waals surface area contributed by atoms with E-state index in [0.29, 0.717) is 10.8 Å². The average molecular weight is 309 g/mol. The minimum Gasteiger partial charge on any atom is -0.480 e. The zero-order valence-corrected chi connectivity index (χ0v) is 11.8. The van der Waals surface area contributed by atoms with Crippen molar-refractivity contribution in [1.29, 1.82) is 0 Å². The fourth-order valence-corrected chi connectivity index (χ4v) is 2.14. The zero-order chi connectivity index (χ0) is 15.6. The van der Waals surface area contributed by atoms with Gasteiger partial charge in [-0.1, -0.05) is 35.9 Å². The molecule has 2 aromatic rings. The van der Waals surface area contributed by atoms with Gasteiger partial charge in [0, 0.05) is 5.39 Å². The minimum atomic E-state index is -1.41. The third kappa shape index (κ3) is 3.29. The molecule has 0 aliphatic heterocycles. The van der Waals surface area contributed by atoms with Gasteiger partial charge in [-0.2, -0.15) is 0 Å². The van der Waals surface area contributed by atoms with E-state index in [2.05, 4.69) is 10.3 Å². The molecule has 110 valence electrons. The highest BCUT2D eigenvalue weighted by Gasteiger charge is 2.26. The molecule has 0 fully saturated rings. The highest BCUT2D eigenvalue weighted by atomic mass is 35.5. The number of aliphatic hydroxyl groups excluding tert-OH is 1. The fourth-order valence-electron chi connectivity index (χ4n) is 1.88. The Balaban J connectivity index is 2.33. The number of aliphatic carboxylic acids is 1. The van der Waals surface area contributed by atoms with E-state index >= 15 is 0 Å². The van der Waals surface area contributed by atoms with Gasteiger partial charge in [-0.05, 0) is 18.4 Å². The maximum Gasteiger partial charge on any atom is 0.328 e. The first-order valence-corrected chi connectivity index (χ1v) is 6.55. The smallest absolute Gasteiger partial charge is 0.328 e. The Morgan fingerprint density at radius 2 is 2.00 bits per heavy atom. The number of carbonyl (C=O) groups excluding carboxylic acids is 1. The zero-order valence-electron chi connectivity index (χ0n) is 11.1. The van der Waals surface area contributed by atoms with Crippen molar-refractivity contribution in [2.75, 3.05) is 0 Å². The van der Waals surface area contributed by atoms with Crippen LogP contribution in [0.3, 0.4) is 0 Å². The van der Waals surface area contributed by atoms with E-state index in [1.54, 1.807) is 24.3 Å². The standard InChI is InChI=1S/C14H13ClN2O4/c1-7(18)11(14(20)21)17-13(19)10-6-8-4-2-3-5-9(8)12(15)16-10/h2-7,11,18H,1H3,(H,17,19)(H,20,21). The first-order valence-electron chi connectivity index (χ1n) is 6.17. The van der Waals surface area contributed by atoms with Crippen LogP contribution in [0.2, 0.25) is 5.15 Å². The van der Waals surface area contributed by atoms with Crippen molar-refractivity contribution in [3.8, 4) is 0 Å². The van der Waals surface area contributed by atoms with E-state index in [0.717, 1.165) is 0 Å². The second-order valence-corrected chi connectivity index (χ2v) is 4.91. The van der Waals surface area contributed by atoms with Gasteiger partial charge in [-0.15, -0.1) is 0 Å². The molecule has 0 aliphatic rings. The predicted molar refractivity (Wildman–Crippen MR) is 77.3 cm³/mol. The number of halogens is 1. The molecular formula is C14H13ClN2O4. The molecule has 21 heavy (non-hydrogen) atoms. The van der Waals surface area contributed by atoms with Gasteiger partial charge >= 0.3 is 5.97 Å². The van der Waals surface area contributed by atoms with E-state index in [-0.39, 0.29) is 10.8 Å². The van der Waals surface area contributed by atoms with E-state index < -0.39 is 24.0 Å². The summed E-state index contributed by atoms with van der Waals surface area (Å²) in [6, 6.07) is 7.21. The summed E-state index contributed by atoms with van der Waals surface area (Å²) in [5.74, 6) is -2.04. The second-order valence-electron chi connectivity index (χ2n) is 4.55. The number of nitrogens with zero attached hydrogens (tertiary/aromatic N) is 1. The molecular weight excluding hydrogens is 296 g/mol. The van der Waals surface area contributed by atoms with Crippen LogP contribution in [0.1, 0.15) is 17.4 Å². The van der Waals surface area contributed by atoms with Crippen LogP contribution in [0.5, 0.6) is 0 Å². The molecule has 7 heteroatoms. The van der Waals surface area contributed by atoms with Crippen LogP contribution in [0.4, 0.5) is 0 Å². The van der Waals surface area contributed by atoms with Crippen molar-refractivity contribution in [3.63, 3.8) is 0 Å². The summed E-state index contributed by atoms with van der Waals surface area (Å²) in [4.78, 5) is 27.0. The highest BCUT2D eigenvalue weighted by Crippen LogP contribution is 2.22. The van der Waals surface area contributed by atoms with Crippen LogP contribution in [0.25, 0.3) is 10.8 Å². The monoisotopic (exact) mass is 308 g/mol. The molecule has 2 atom stereocenters. The molecule has 0 saturated heterocycles. The number of hydrogen-bond donors (Lipinski definition) is 3. The lowest BCUT2D eigenvalue weighted by Gasteiger charge is -2.16. The number of aromatic nitrogens is 1. The number of nitrogens with one attached hydrogen (secondary N) is 1. The van der Waals surface area contributed by atoms with E-state index in [1.165, 1.54) is 13.0 Å². The van der Waals surface area contributed by atoms with Gasteiger partial charge in [0.15, 0.2) is 6.04 Å². The number of carbonyl (C=O) groups is 2. The van der Waals surface area contributed by atoms with Crippen molar-refractivity contribution in [3.05, 3.63) is 41.2 Å². The average Bonchev–Trinajstić information content (AvgIpc) is 2.43. The largest absolute Gasteiger partial charge is 0.480 e. The number of carboxylic acids is 1. The lowest BCUT2D eigenvalue weighted by atomic mass is 10.1. The quantitative estimate of drug-likeness (QED) is 0.742. The third-order valence-electron chi connectivity index (χ3n) is 2.96. The number of fused-ring (bicyclic) bond motifs is 1. The number of carboxylic acid groups (broad SMARTS) is 1. The molecule has 0 bridgehead atoms. The van der Waals surface area contributed by atoms with Crippen LogP contribution in [-0.2, 0) is 4.79 Å². The fraction of sp³-hybridized carbons (Fsp3) is 0.214. The molecule has 0 aliphatic carbocycles. The number of aliphatic hydroxyl groups is 1. The van der Waals surface area contributed by atoms with E-state index in [9.17, 15) is 14.7 Å². The van der Waals surface area contributed by atoms with Gasteiger partial charge in [0.25, 0.3) is 5.91 Å². The van der Waals surface area contributed by atoms with Crippen molar-refractivity contribution in [2.45, 2.75) is 19.1 Å². The molecule has 1 amide bonds. The molecule has 2 rings (SSSR count). The first-order chi connectivity index (χ1) is 9.90. The minimum absolute atomic E-state index is 0.00870. The Kier molecular flexibility index (Phi) is 4.40. The van der Waals surface area contributed by atoms with E-state index in [4.69, 9.17) is 16.7 Å². The van der Waals surface area contributed by atoms with Gasteiger partial charge in [0.1, 0.15) is 10.8 Å². The van der Waals surface area contributed by atoms with Gasteiger partial charge in [0.2, 0.25) is 0 Å². The van der Waals surface area contributed by atoms with Crippen molar-refractivity contribution in [1.82, 2.24) is 10.3 Å². The number of benzene rings is 1. The van der Waals surface area contributed by atoms with Gasteiger partial charge in [-0.25, -0.2) is 9.78 Å². The Morgan fingerprint density at radius 1 is 1.33 bits per heavy atom. The topological polar surface area (TPSA) is 99.5 Å². The summed E-state index contributed by atoms with van der Waals surface area (Å²) in [7, 11) is 0. The maximum absolute atomic E-state index is 12.1. The summed E-state index contributed by atoms with van der Waals surface area (Å²) < 4.78 is 0. The van der Waals surface area contributed by atoms with E-state index in [1.807, 2.05) is 0 Å². The summed E-state index contributed by atoms with van der Waals surface area (Å²) in [5.41, 5.74) is -0.00870. The Bertz CT molecular complexity index is 702. The first kappa shape index (κ1) is 15.2. The number of hydrogen-bond acceptors (Lipinski definition) is 4. The summed E-state index contributed by atoms with van der Waals surface area (Å²) >= 11 is 6.01. The lowest BCUT2D eigenvalue weighted by molar-refractivity contribution is -0.141. The van der Waals surface area contributed by atoms with Gasteiger partial charge in [-0.3, -0.25) is 4.79 Å². The summed E-state index contributed by atoms with van der Waals surface area (Å²) in [6.07, 6.45) is -1.23. The maximum atomic E-state index is 12.1. The van der Waals surface area contributed by atoms with Gasteiger partial charge in [0.05, 0.1) is 6.10 Å². The number of pyridine rings is 1. The van der Waals surface area contributed by atoms with Crippen molar-refractivity contribution < 1.29 is 19.8 Å². The summed E-state index contributed by atoms with van der Waals surface area (Å²) in [6.45, 7) is 1.28. The van der Waals surface area contributed by atoms with Crippen LogP contribution >= 0.6 is 11.6 Å². The number of rotatable bonds is 4.